The van der Waals surface area contributed by atoms with Crippen molar-refractivity contribution in [3.8, 4) is 0 Å². The predicted molar refractivity (Wildman–Crippen MR) is 77.6 cm³/mol. The van der Waals surface area contributed by atoms with Crippen LogP contribution in [0.2, 0.25) is 0 Å². The van der Waals surface area contributed by atoms with Crippen LogP contribution in [0.4, 0.5) is 0 Å². The van der Waals surface area contributed by atoms with Crippen molar-refractivity contribution in [3.05, 3.63) is 48.0 Å². The fraction of sp³-hybridized carbons (Fsp3) is 0.400. The molecule has 0 aromatic heterocycles. The minimum absolute atomic E-state index is 0.289. The maximum Gasteiger partial charge on any atom is 0.334 e. The van der Waals surface area contributed by atoms with Crippen LogP contribution in [0, 0.1) is 0 Å². The van der Waals surface area contributed by atoms with Gasteiger partial charge in [-0.15, -0.1) is 0 Å². The Hall–Kier alpha value is -1.22. The van der Waals surface area contributed by atoms with Gasteiger partial charge in [-0.3, -0.25) is 0 Å². The summed E-state index contributed by atoms with van der Waals surface area (Å²) in [6, 6.07) is 9.67. The zero-order valence-corrected chi connectivity index (χ0v) is 11.7. The molecule has 0 spiro atoms. The number of benzene rings is 1. The van der Waals surface area contributed by atoms with Gasteiger partial charge in [-0.05, 0) is 17.7 Å². The van der Waals surface area contributed by atoms with E-state index in [0.717, 1.165) is 11.3 Å². The molecule has 0 unspecified atom stereocenters. The van der Waals surface area contributed by atoms with E-state index in [1.165, 1.54) is 12.8 Å². The molecule has 2 nitrogen and oxygen atoms in total. The van der Waals surface area contributed by atoms with Crippen LogP contribution in [-0.2, 0) is 16.1 Å². The Kier molecular flexibility index (Phi) is 7.26. The summed E-state index contributed by atoms with van der Waals surface area (Å²) >= 11 is 1.74. The minimum atomic E-state index is -0.289. The van der Waals surface area contributed by atoms with Crippen molar-refractivity contribution in [3.63, 3.8) is 0 Å². The van der Waals surface area contributed by atoms with Crippen molar-refractivity contribution in [1.29, 1.82) is 0 Å². The monoisotopic (exact) mass is 264 g/mol. The number of carbonyl (C=O) groups excluding carboxylic acids is 1. The number of hydrogen-bond acceptors (Lipinski definition) is 3. The maximum absolute atomic E-state index is 11.6. The molecule has 0 amide bonds. The summed E-state index contributed by atoms with van der Waals surface area (Å²) in [4.78, 5) is 11.6. The molecule has 0 radical (unpaired) electrons. The highest BCUT2D eigenvalue weighted by Gasteiger charge is 2.08. The Morgan fingerprint density at radius 1 is 1.33 bits per heavy atom. The molecule has 1 rings (SSSR count). The lowest BCUT2D eigenvalue weighted by atomic mass is 10.2. The van der Waals surface area contributed by atoms with Crippen LogP contribution in [0.15, 0.2) is 42.5 Å². The van der Waals surface area contributed by atoms with E-state index in [1.807, 2.05) is 30.3 Å². The summed E-state index contributed by atoms with van der Waals surface area (Å²) < 4.78 is 5.20. The van der Waals surface area contributed by atoms with Crippen LogP contribution >= 0.6 is 11.8 Å². The third-order valence-corrected chi connectivity index (χ3v) is 3.55. The van der Waals surface area contributed by atoms with Crippen molar-refractivity contribution in [2.24, 2.45) is 0 Å². The number of rotatable bonds is 8. The van der Waals surface area contributed by atoms with Crippen molar-refractivity contribution < 1.29 is 9.53 Å². The first-order valence-corrected chi connectivity index (χ1v) is 7.36. The SMILES string of the molecule is C=C(CSCCCC)C(=O)OCc1ccccc1. The third-order valence-electron chi connectivity index (χ3n) is 2.42. The molecule has 0 aliphatic heterocycles. The van der Waals surface area contributed by atoms with Gasteiger partial charge in [0.2, 0.25) is 0 Å². The van der Waals surface area contributed by atoms with Crippen molar-refractivity contribution in [2.45, 2.75) is 26.4 Å². The maximum atomic E-state index is 11.6. The van der Waals surface area contributed by atoms with E-state index in [2.05, 4.69) is 13.5 Å². The molecule has 0 aliphatic rings. The molecule has 0 saturated heterocycles. The zero-order chi connectivity index (χ0) is 13.2. The van der Waals surface area contributed by atoms with Gasteiger partial charge in [0.25, 0.3) is 0 Å². The predicted octanol–water partition coefficient (Wildman–Crippen LogP) is 3.82. The second-order valence-electron chi connectivity index (χ2n) is 4.07. The molecular formula is C15H20O2S. The third kappa shape index (κ3) is 5.92. The van der Waals surface area contributed by atoms with E-state index in [0.29, 0.717) is 17.9 Å². The zero-order valence-electron chi connectivity index (χ0n) is 10.9. The molecule has 0 atom stereocenters. The summed E-state index contributed by atoms with van der Waals surface area (Å²) in [7, 11) is 0. The number of carbonyl (C=O) groups is 1. The molecule has 0 heterocycles. The van der Waals surface area contributed by atoms with Gasteiger partial charge < -0.3 is 4.74 Å². The molecule has 0 bridgehead atoms. The summed E-state index contributed by atoms with van der Waals surface area (Å²) in [5, 5.41) is 0. The minimum Gasteiger partial charge on any atom is -0.457 e. The lowest BCUT2D eigenvalue weighted by Gasteiger charge is -2.07. The van der Waals surface area contributed by atoms with E-state index in [-0.39, 0.29) is 5.97 Å². The first-order chi connectivity index (χ1) is 8.74. The largest absolute Gasteiger partial charge is 0.457 e. The average Bonchev–Trinajstić information content (AvgIpc) is 2.42. The van der Waals surface area contributed by atoms with Crippen LogP contribution in [0.5, 0.6) is 0 Å². The fourth-order valence-corrected chi connectivity index (χ4v) is 2.33. The number of hydrogen-bond donors (Lipinski definition) is 0. The normalized spacial score (nSPS) is 10.1. The first-order valence-electron chi connectivity index (χ1n) is 6.20. The van der Waals surface area contributed by atoms with Crippen molar-refractivity contribution in [2.75, 3.05) is 11.5 Å². The Morgan fingerprint density at radius 3 is 2.72 bits per heavy atom. The van der Waals surface area contributed by atoms with E-state index in [4.69, 9.17) is 4.74 Å². The molecular weight excluding hydrogens is 244 g/mol. The van der Waals surface area contributed by atoms with Gasteiger partial charge in [0, 0.05) is 11.3 Å². The Bertz CT molecular complexity index is 373. The average molecular weight is 264 g/mol. The van der Waals surface area contributed by atoms with E-state index in [1.54, 1.807) is 11.8 Å². The first kappa shape index (κ1) is 14.8. The van der Waals surface area contributed by atoms with Gasteiger partial charge in [0.15, 0.2) is 0 Å². The molecule has 0 saturated carbocycles. The molecule has 1 aromatic rings. The fourth-order valence-electron chi connectivity index (χ4n) is 1.33. The molecule has 3 heteroatoms. The van der Waals surface area contributed by atoms with Gasteiger partial charge in [0.1, 0.15) is 6.61 Å². The highest BCUT2D eigenvalue weighted by molar-refractivity contribution is 7.99. The molecule has 98 valence electrons. The highest BCUT2D eigenvalue weighted by atomic mass is 32.2. The Labute approximate surface area is 113 Å². The molecule has 0 aliphatic carbocycles. The number of esters is 1. The van der Waals surface area contributed by atoms with Gasteiger partial charge in [-0.1, -0.05) is 50.3 Å². The lowest BCUT2D eigenvalue weighted by molar-refractivity contribution is -0.140. The quantitative estimate of drug-likeness (QED) is 0.405. The highest BCUT2D eigenvalue weighted by Crippen LogP contribution is 2.11. The molecule has 0 N–H and O–H groups in total. The van der Waals surface area contributed by atoms with Crippen molar-refractivity contribution >= 4 is 17.7 Å². The van der Waals surface area contributed by atoms with Crippen molar-refractivity contribution in [1.82, 2.24) is 0 Å². The van der Waals surface area contributed by atoms with Gasteiger partial charge >= 0.3 is 5.97 Å². The van der Waals surface area contributed by atoms with Gasteiger partial charge in [-0.25, -0.2) is 4.79 Å². The van der Waals surface area contributed by atoms with Crippen LogP contribution in [0.3, 0.4) is 0 Å². The number of ether oxygens (including phenoxy) is 1. The second-order valence-corrected chi connectivity index (χ2v) is 5.18. The Balaban J connectivity index is 2.22. The lowest BCUT2D eigenvalue weighted by Crippen LogP contribution is -2.09. The summed E-state index contributed by atoms with van der Waals surface area (Å²) in [5.74, 6) is 1.44. The summed E-state index contributed by atoms with van der Waals surface area (Å²) in [5.41, 5.74) is 1.55. The number of thioether (sulfide) groups is 1. The smallest absolute Gasteiger partial charge is 0.334 e. The number of unbranched alkanes of at least 4 members (excludes halogenated alkanes) is 1. The molecule has 0 fully saturated rings. The van der Waals surface area contributed by atoms with Gasteiger partial charge in [0.05, 0.1) is 0 Å². The summed E-state index contributed by atoms with van der Waals surface area (Å²) in [6.45, 7) is 6.24. The van der Waals surface area contributed by atoms with E-state index in [9.17, 15) is 4.79 Å². The van der Waals surface area contributed by atoms with Crippen LogP contribution in [-0.4, -0.2) is 17.5 Å². The standard InChI is InChI=1S/C15H20O2S/c1-3-4-10-18-12-13(2)15(16)17-11-14-8-6-5-7-9-14/h5-9H,2-4,10-12H2,1H3. The van der Waals surface area contributed by atoms with Crippen LogP contribution < -0.4 is 0 Å². The molecule has 18 heavy (non-hydrogen) atoms. The second kappa shape index (κ2) is 8.81. The van der Waals surface area contributed by atoms with Crippen LogP contribution in [0.1, 0.15) is 25.3 Å². The van der Waals surface area contributed by atoms with E-state index < -0.39 is 0 Å². The Morgan fingerprint density at radius 2 is 2.06 bits per heavy atom. The summed E-state index contributed by atoms with van der Waals surface area (Å²) in [6.07, 6.45) is 2.36. The van der Waals surface area contributed by atoms with Crippen LogP contribution in [0.25, 0.3) is 0 Å². The molecule has 1 aromatic carbocycles. The van der Waals surface area contributed by atoms with E-state index >= 15 is 0 Å². The topological polar surface area (TPSA) is 26.3 Å². The van der Waals surface area contributed by atoms with Gasteiger partial charge in [-0.2, -0.15) is 11.8 Å².